The lowest BCUT2D eigenvalue weighted by Crippen LogP contribution is -2.67. The lowest BCUT2D eigenvalue weighted by molar-refractivity contribution is -0.154. The summed E-state index contributed by atoms with van der Waals surface area (Å²) < 4.78 is 5.85. The van der Waals surface area contributed by atoms with Crippen LogP contribution in [-0.2, 0) is 4.74 Å². The van der Waals surface area contributed by atoms with Crippen LogP contribution in [-0.4, -0.2) is 43.3 Å². The van der Waals surface area contributed by atoms with Crippen molar-refractivity contribution in [1.29, 1.82) is 0 Å². The maximum Gasteiger partial charge on any atom is 0.0685 e. The number of nitrogens with two attached hydrogens (primary N) is 1. The van der Waals surface area contributed by atoms with Crippen LogP contribution in [0.4, 0.5) is 0 Å². The fourth-order valence-corrected chi connectivity index (χ4v) is 3.88. The molecule has 16 heavy (non-hydrogen) atoms. The van der Waals surface area contributed by atoms with Crippen LogP contribution in [0.3, 0.4) is 0 Å². The van der Waals surface area contributed by atoms with E-state index in [2.05, 4.69) is 25.7 Å². The molecule has 1 saturated heterocycles. The van der Waals surface area contributed by atoms with Gasteiger partial charge < -0.3 is 10.5 Å². The Kier molecular flexibility index (Phi) is 3.57. The van der Waals surface area contributed by atoms with Gasteiger partial charge in [0.05, 0.1) is 6.10 Å². The van der Waals surface area contributed by atoms with Gasteiger partial charge in [0.1, 0.15) is 0 Å². The Morgan fingerprint density at radius 2 is 2.12 bits per heavy atom. The van der Waals surface area contributed by atoms with Crippen LogP contribution >= 0.6 is 0 Å². The second kappa shape index (κ2) is 4.63. The summed E-state index contributed by atoms with van der Waals surface area (Å²) in [6, 6.07) is 0.684. The van der Waals surface area contributed by atoms with E-state index in [-0.39, 0.29) is 0 Å². The number of nitrogens with zero attached hydrogens (tertiary/aromatic N) is 1. The van der Waals surface area contributed by atoms with Gasteiger partial charge in [-0.25, -0.2) is 0 Å². The van der Waals surface area contributed by atoms with E-state index in [0.717, 1.165) is 25.6 Å². The minimum atomic E-state index is 0.311. The van der Waals surface area contributed by atoms with Crippen molar-refractivity contribution in [3.63, 3.8) is 0 Å². The number of rotatable bonds is 5. The molecule has 3 atom stereocenters. The van der Waals surface area contributed by atoms with Crippen LogP contribution in [0.15, 0.2) is 0 Å². The molecular formula is C13H26N2O. The van der Waals surface area contributed by atoms with Crippen LogP contribution in [0, 0.1) is 11.3 Å². The predicted molar refractivity (Wildman–Crippen MR) is 66.3 cm³/mol. The maximum absolute atomic E-state index is 5.85. The van der Waals surface area contributed by atoms with Crippen molar-refractivity contribution in [2.24, 2.45) is 17.1 Å². The van der Waals surface area contributed by atoms with Crippen molar-refractivity contribution in [3.8, 4) is 0 Å². The molecule has 1 aliphatic carbocycles. The van der Waals surface area contributed by atoms with E-state index >= 15 is 0 Å². The molecule has 1 saturated carbocycles. The molecule has 2 rings (SSSR count). The molecule has 3 heteroatoms. The first-order chi connectivity index (χ1) is 7.62. The van der Waals surface area contributed by atoms with Crippen molar-refractivity contribution in [1.82, 2.24) is 4.90 Å². The minimum Gasteiger partial charge on any atom is -0.377 e. The summed E-state index contributed by atoms with van der Waals surface area (Å²) in [7, 11) is 0. The molecule has 1 heterocycles. The Morgan fingerprint density at radius 3 is 2.75 bits per heavy atom. The zero-order chi connectivity index (χ0) is 11.8. The lowest BCUT2D eigenvalue weighted by Gasteiger charge is -2.58. The molecule has 0 aromatic rings. The van der Waals surface area contributed by atoms with Gasteiger partial charge in [-0.1, -0.05) is 20.8 Å². The average molecular weight is 226 g/mol. The van der Waals surface area contributed by atoms with Crippen LogP contribution in [0.5, 0.6) is 0 Å². The van der Waals surface area contributed by atoms with Crippen LogP contribution in [0.25, 0.3) is 0 Å². The first-order valence-electron chi connectivity index (χ1n) is 6.68. The minimum absolute atomic E-state index is 0.311. The Morgan fingerprint density at radius 1 is 1.38 bits per heavy atom. The third-order valence-corrected chi connectivity index (χ3v) is 4.36. The monoisotopic (exact) mass is 226 g/mol. The SMILES string of the molecule is CCCN(CCN)C1C2CCOC2C1(C)C. The molecule has 0 radical (unpaired) electrons. The zero-order valence-corrected chi connectivity index (χ0v) is 10.9. The molecule has 3 nitrogen and oxygen atoms in total. The standard InChI is InChI=1S/C13H26N2O/c1-4-7-15(8-6-14)11-10-5-9-16-12(10)13(11,2)3/h10-12H,4-9,14H2,1-3H3. The molecule has 2 N–H and O–H groups in total. The normalized spacial score (nSPS) is 36.2. The van der Waals surface area contributed by atoms with Crippen LogP contribution in [0.1, 0.15) is 33.6 Å². The second-order valence-corrected chi connectivity index (χ2v) is 5.83. The van der Waals surface area contributed by atoms with E-state index in [1.54, 1.807) is 0 Å². The molecule has 0 amide bonds. The highest BCUT2D eigenvalue weighted by Crippen LogP contribution is 2.54. The fraction of sp³-hybridized carbons (Fsp3) is 1.00. The van der Waals surface area contributed by atoms with Crippen LogP contribution < -0.4 is 5.73 Å². The van der Waals surface area contributed by atoms with Crippen molar-refractivity contribution in [3.05, 3.63) is 0 Å². The molecule has 94 valence electrons. The summed E-state index contributed by atoms with van der Waals surface area (Å²) >= 11 is 0. The smallest absolute Gasteiger partial charge is 0.0685 e. The van der Waals surface area contributed by atoms with Gasteiger partial charge in [-0.15, -0.1) is 0 Å². The van der Waals surface area contributed by atoms with Gasteiger partial charge in [0, 0.05) is 37.1 Å². The number of fused-ring (bicyclic) bond motifs is 1. The molecular weight excluding hydrogens is 200 g/mol. The van der Waals surface area contributed by atoms with Crippen molar-refractivity contribution in [2.45, 2.75) is 45.8 Å². The average Bonchev–Trinajstić information content (AvgIpc) is 2.64. The Labute approximate surface area is 99.3 Å². The summed E-state index contributed by atoms with van der Waals surface area (Å²) in [5, 5.41) is 0. The summed E-state index contributed by atoms with van der Waals surface area (Å²) in [5.41, 5.74) is 6.04. The van der Waals surface area contributed by atoms with Gasteiger partial charge in [0.25, 0.3) is 0 Å². The maximum atomic E-state index is 5.85. The lowest BCUT2D eigenvalue weighted by atomic mass is 9.56. The van der Waals surface area contributed by atoms with Crippen molar-refractivity contribution < 1.29 is 4.74 Å². The number of hydrogen-bond acceptors (Lipinski definition) is 3. The van der Waals surface area contributed by atoms with Crippen LogP contribution in [0.2, 0.25) is 0 Å². The Hall–Kier alpha value is -0.120. The van der Waals surface area contributed by atoms with E-state index in [0.29, 0.717) is 17.6 Å². The molecule has 0 aromatic heterocycles. The van der Waals surface area contributed by atoms with Crippen molar-refractivity contribution >= 4 is 0 Å². The zero-order valence-electron chi connectivity index (χ0n) is 10.9. The Balaban J connectivity index is 2.06. The van der Waals surface area contributed by atoms with E-state index in [4.69, 9.17) is 10.5 Å². The van der Waals surface area contributed by atoms with Gasteiger partial charge in [-0.3, -0.25) is 4.90 Å². The highest BCUT2D eigenvalue weighted by molar-refractivity contribution is 5.11. The van der Waals surface area contributed by atoms with Crippen molar-refractivity contribution in [2.75, 3.05) is 26.2 Å². The molecule has 0 bridgehead atoms. The summed E-state index contributed by atoms with van der Waals surface area (Å²) in [5.74, 6) is 0.757. The number of ether oxygens (including phenoxy) is 1. The third-order valence-electron chi connectivity index (χ3n) is 4.36. The van der Waals surface area contributed by atoms with Gasteiger partial charge in [-0.2, -0.15) is 0 Å². The summed E-state index contributed by atoms with van der Waals surface area (Å²) in [4.78, 5) is 2.59. The summed E-state index contributed by atoms with van der Waals surface area (Å²) in [6.45, 7) is 10.9. The topological polar surface area (TPSA) is 38.5 Å². The van der Waals surface area contributed by atoms with Gasteiger partial charge in [-0.05, 0) is 19.4 Å². The Bertz CT molecular complexity index is 236. The summed E-state index contributed by atoms with van der Waals surface area (Å²) in [6.07, 6.45) is 2.95. The highest BCUT2D eigenvalue weighted by atomic mass is 16.5. The first-order valence-corrected chi connectivity index (χ1v) is 6.68. The first kappa shape index (κ1) is 12.3. The van der Waals surface area contributed by atoms with E-state index < -0.39 is 0 Å². The third kappa shape index (κ3) is 1.79. The van der Waals surface area contributed by atoms with E-state index in [9.17, 15) is 0 Å². The second-order valence-electron chi connectivity index (χ2n) is 5.83. The molecule has 0 spiro atoms. The van der Waals surface area contributed by atoms with Gasteiger partial charge in [0.2, 0.25) is 0 Å². The molecule has 2 fully saturated rings. The van der Waals surface area contributed by atoms with Gasteiger partial charge in [0.15, 0.2) is 0 Å². The molecule has 2 aliphatic rings. The fourth-order valence-electron chi connectivity index (χ4n) is 3.88. The molecule has 3 unspecified atom stereocenters. The quantitative estimate of drug-likeness (QED) is 0.771. The molecule has 1 aliphatic heterocycles. The molecule has 0 aromatic carbocycles. The predicted octanol–water partition coefficient (Wildman–Crippen LogP) is 1.47. The van der Waals surface area contributed by atoms with E-state index in [1.807, 2.05) is 0 Å². The highest BCUT2D eigenvalue weighted by Gasteiger charge is 2.60. The largest absolute Gasteiger partial charge is 0.377 e. The number of hydrogen-bond donors (Lipinski definition) is 1. The van der Waals surface area contributed by atoms with E-state index in [1.165, 1.54) is 19.4 Å². The van der Waals surface area contributed by atoms with Gasteiger partial charge >= 0.3 is 0 Å².